The molecule has 0 unspecified atom stereocenters. The van der Waals surface area contributed by atoms with Crippen LogP contribution in [-0.4, -0.2) is 37.0 Å². The second-order valence-corrected chi connectivity index (χ2v) is 6.42. The second kappa shape index (κ2) is 8.30. The van der Waals surface area contributed by atoms with Crippen molar-refractivity contribution < 1.29 is 4.79 Å². The lowest BCUT2D eigenvalue weighted by Gasteiger charge is -2.18. The highest BCUT2D eigenvalue weighted by atomic mass is 16.1. The van der Waals surface area contributed by atoms with Crippen molar-refractivity contribution in [1.29, 1.82) is 0 Å². The van der Waals surface area contributed by atoms with Crippen LogP contribution >= 0.6 is 0 Å². The topological polar surface area (TPSA) is 32.3 Å². The summed E-state index contributed by atoms with van der Waals surface area (Å²) in [5.41, 5.74) is 6.22. The molecule has 3 nitrogen and oxygen atoms in total. The number of carbonyl (C=O) groups is 1. The molecule has 1 N–H and O–H groups in total. The van der Waals surface area contributed by atoms with Crippen LogP contribution in [-0.2, 0) is 0 Å². The summed E-state index contributed by atoms with van der Waals surface area (Å²) in [6.07, 6.45) is 3.57. The molecule has 0 spiro atoms. The van der Waals surface area contributed by atoms with E-state index in [9.17, 15) is 4.79 Å². The Morgan fingerprint density at radius 2 is 1.91 bits per heavy atom. The average Bonchev–Trinajstić information content (AvgIpc) is 2.97. The standard InChI is InChI=1S/C20H30N2O/c1-5-22(6-2)13-12-21-20(23)17-11-10-16(4)19(14-17)18-9-7-8-15(18)3/h10-11,14H,5-9,12-13H2,1-4H3,(H,21,23). The smallest absolute Gasteiger partial charge is 0.251 e. The average molecular weight is 314 g/mol. The molecule has 0 saturated heterocycles. The molecule has 0 heterocycles. The van der Waals surface area contributed by atoms with E-state index in [-0.39, 0.29) is 5.91 Å². The van der Waals surface area contributed by atoms with Crippen LogP contribution in [0, 0.1) is 6.92 Å². The Morgan fingerprint density at radius 1 is 1.17 bits per heavy atom. The number of likely N-dealkylation sites (N-methyl/N-ethyl adjacent to an activating group) is 1. The predicted molar refractivity (Wildman–Crippen MR) is 97.7 cm³/mol. The van der Waals surface area contributed by atoms with Gasteiger partial charge in [-0.2, -0.15) is 0 Å². The summed E-state index contributed by atoms with van der Waals surface area (Å²) >= 11 is 0. The molecule has 1 aliphatic carbocycles. The van der Waals surface area contributed by atoms with Gasteiger partial charge < -0.3 is 10.2 Å². The van der Waals surface area contributed by atoms with Gasteiger partial charge in [-0.1, -0.05) is 25.5 Å². The van der Waals surface area contributed by atoms with Gasteiger partial charge in [0.05, 0.1) is 0 Å². The van der Waals surface area contributed by atoms with Gasteiger partial charge >= 0.3 is 0 Å². The van der Waals surface area contributed by atoms with Crippen LogP contribution in [0.15, 0.2) is 23.8 Å². The van der Waals surface area contributed by atoms with E-state index < -0.39 is 0 Å². The van der Waals surface area contributed by atoms with Crippen molar-refractivity contribution in [1.82, 2.24) is 10.2 Å². The molecule has 0 radical (unpaired) electrons. The minimum Gasteiger partial charge on any atom is -0.351 e. The zero-order valence-electron chi connectivity index (χ0n) is 15.0. The van der Waals surface area contributed by atoms with E-state index >= 15 is 0 Å². The Hall–Kier alpha value is -1.61. The first-order valence-corrected chi connectivity index (χ1v) is 8.87. The Labute approximate surface area is 140 Å². The third-order valence-electron chi connectivity index (χ3n) is 4.93. The molecule has 3 heteroatoms. The molecule has 2 rings (SSSR count). The van der Waals surface area contributed by atoms with Gasteiger partial charge in [0.15, 0.2) is 0 Å². The first kappa shape index (κ1) is 17.7. The Bertz CT molecular complexity index is 585. The number of hydrogen-bond donors (Lipinski definition) is 1. The third kappa shape index (κ3) is 4.44. The molecular formula is C20H30N2O. The molecule has 126 valence electrons. The van der Waals surface area contributed by atoms with Crippen LogP contribution in [0.3, 0.4) is 0 Å². The molecule has 1 aliphatic rings. The van der Waals surface area contributed by atoms with Crippen LogP contribution < -0.4 is 5.32 Å². The van der Waals surface area contributed by atoms with Gasteiger partial charge in [0.1, 0.15) is 0 Å². The minimum atomic E-state index is 0.0367. The highest BCUT2D eigenvalue weighted by molar-refractivity contribution is 5.95. The summed E-state index contributed by atoms with van der Waals surface area (Å²) in [6, 6.07) is 6.09. The molecule has 1 aromatic rings. The fourth-order valence-electron chi connectivity index (χ4n) is 3.32. The van der Waals surface area contributed by atoms with E-state index in [1.54, 1.807) is 0 Å². The number of rotatable bonds is 7. The highest BCUT2D eigenvalue weighted by Gasteiger charge is 2.16. The number of carbonyl (C=O) groups excluding carboxylic acids is 1. The predicted octanol–water partition coefficient (Wildman–Crippen LogP) is 4.02. The molecule has 0 aromatic heterocycles. The van der Waals surface area contributed by atoms with E-state index in [1.165, 1.54) is 35.1 Å². The van der Waals surface area contributed by atoms with Crippen molar-refractivity contribution in [2.75, 3.05) is 26.2 Å². The summed E-state index contributed by atoms with van der Waals surface area (Å²) < 4.78 is 0. The Morgan fingerprint density at radius 3 is 2.52 bits per heavy atom. The highest BCUT2D eigenvalue weighted by Crippen LogP contribution is 2.35. The Balaban J connectivity index is 2.05. The molecular weight excluding hydrogens is 284 g/mol. The summed E-state index contributed by atoms with van der Waals surface area (Å²) in [7, 11) is 0. The molecule has 0 aliphatic heterocycles. The largest absolute Gasteiger partial charge is 0.351 e. The van der Waals surface area contributed by atoms with Crippen molar-refractivity contribution in [3.63, 3.8) is 0 Å². The maximum atomic E-state index is 12.4. The van der Waals surface area contributed by atoms with Crippen molar-refractivity contribution in [3.05, 3.63) is 40.5 Å². The van der Waals surface area contributed by atoms with Gasteiger partial charge in [-0.25, -0.2) is 0 Å². The fourth-order valence-corrected chi connectivity index (χ4v) is 3.32. The molecule has 0 atom stereocenters. The minimum absolute atomic E-state index is 0.0367. The van der Waals surface area contributed by atoms with Crippen LogP contribution in [0.4, 0.5) is 0 Å². The summed E-state index contributed by atoms with van der Waals surface area (Å²) in [4.78, 5) is 14.7. The lowest BCUT2D eigenvalue weighted by atomic mass is 9.95. The third-order valence-corrected chi connectivity index (χ3v) is 4.93. The summed E-state index contributed by atoms with van der Waals surface area (Å²) in [5.74, 6) is 0.0367. The number of aryl methyl sites for hydroxylation is 1. The van der Waals surface area contributed by atoms with E-state index in [0.717, 1.165) is 31.6 Å². The van der Waals surface area contributed by atoms with Gasteiger partial charge in [0.2, 0.25) is 0 Å². The number of benzene rings is 1. The summed E-state index contributed by atoms with van der Waals surface area (Å²) in [5, 5.41) is 3.05. The molecule has 0 fully saturated rings. The van der Waals surface area contributed by atoms with Crippen LogP contribution in [0.1, 0.15) is 61.5 Å². The molecule has 23 heavy (non-hydrogen) atoms. The van der Waals surface area contributed by atoms with Crippen molar-refractivity contribution in [3.8, 4) is 0 Å². The molecule has 0 saturated carbocycles. The first-order valence-electron chi connectivity index (χ1n) is 8.87. The number of amides is 1. The van der Waals surface area contributed by atoms with Gasteiger partial charge in [-0.05, 0) is 75.0 Å². The molecule has 0 bridgehead atoms. The van der Waals surface area contributed by atoms with Crippen LogP contribution in [0.2, 0.25) is 0 Å². The van der Waals surface area contributed by atoms with E-state index in [2.05, 4.69) is 50.0 Å². The fraction of sp³-hybridized carbons (Fsp3) is 0.550. The van der Waals surface area contributed by atoms with Crippen LogP contribution in [0.25, 0.3) is 5.57 Å². The molecule has 1 amide bonds. The van der Waals surface area contributed by atoms with Gasteiger partial charge in [-0.15, -0.1) is 0 Å². The normalized spacial score (nSPS) is 14.7. The molecule has 1 aromatic carbocycles. The maximum absolute atomic E-state index is 12.4. The lowest BCUT2D eigenvalue weighted by Crippen LogP contribution is -2.34. The van der Waals surface area contributed by atoms with Gasteiger partial charge in [0.25, 0.3) is 5.91 Å². The number of allylic oxidation sites excluding steroid dienone is 2. The van der Waals surface area contributed by atoms with Crippen molar-refractivity contribution in [2.24, 2.45) is 0 Å². The van der Waals surface area contributed by atoms with Gasteiger partial charge in [0, 0.05) is 18.7 Å². The van der Waals surface area contributed by atoms with Crippen LogP contribution in [0.5, 0.6) is 0 Å². The number of hydrogen-bond acceptors (Lipinski definition) is 2. The monoisotopic (exact) mass is 314 g/mol. The SMILES string of the molecule is CCN(CC)CCNC(=O)c1ccc(C)c(C2=C(C)CCC2)c1. The van der Waals surface area contributed by atoms with E-state index in [0.29, 0.717) is 6.54 Å². The Kier molecular flexibility index (Phi) is 6.40. The zero-order chi connectivity index (χ0) is 16.8. The van der Waals surface area contributed by atoms with Crippen molar-refractivity contribution >= 4 is 11.5 Å². The zero-order valence-corrected chi connectivity index (χ0v) is 15.0. The second-order valence-electron chi connectivity index (χ2n) is 6.42. The quantitative estimate of drug-likeness (QED) is 0.824. The number of nitrogens with zero attached hydrogens (tertiary/aromatic N) is 1. The number of nitrogens with one attached hydrogen (secondary N) is 1. The first-order chi connectivity index (χ1) is 11.1. The van der Waals surface area contributed by atoms with Gasteiger partial charge in [-0.3, -0.25) is 4.79 Å². The van der Waals surface area contributed by atoms with E-state index in [1.807, 2.05) is 6.07 Å². The van der Waals surface area contributed by atoms with E-state index in [4.69, 9.17) is 0 Å². The lowest BCUT2D eigenvalue weighted by molar-refractivity contribution is 0.0949. The maximum Gasteiger partial charge on any atom is 0.251 e. The summed E-state index contributed by atoms with van der Waals surface area (Å²) in [6.45, 7) is 12.3. The van der Waals surface area contributed by atoms with Crippen molar-refractivity contribution in [2.45, 2.75) is 47.0 Å².